The minimum absolute atomic E-state index is 0.124. The molecule has 5 heteroatoms. The molecule has 1 saturated heterocycles. The summed E-state index contributed by atoms with van der Waals surface area (Å²) in [7, 11) is 0. The van der Waals surface area contributed by atoms with Crippen molar-refractivity contribution in [1.29, 1.82) is 0 Å². The monoisotopic (exact) mass is 365 g/mol. The van der Waals surface area contributed by atoms with Gasteiger partial charge in [-0.05, 0) is 35.4 Å². The molecule has 1 aliphatic rings. The molecule has 0 unspecified atom stereocenters. The van der Waals surface area contributed by atoms with E-state index in [1.54, 1.807) is 0 Å². The summed E-state index contributed by atoms with van der Waals surface area (Å²) in [5.41, 5.74) is 2.17. The van der Waals surface area contributed by atoms with Crippen LogP contribution >= 0.6 is 23.2 Å². The van der Waals surface area contributed by atoms with E-state index >= 15 is 0 Å². The van der Waals surface area contributed by atoms with Gasteiger partial charge in [0.15, 0.2) is 0 Å². The fourth-order valence-corrected chi connectivity index (χ4v) is 3.04. The lowest BCUT2D eigenvalue weighted by Crippen LogP contribution is -2.38. The molecule has 1 aliphatic heterocycles. The summed E-state index contributed by atoms with van der Waals surface area (Å²) in [6.07, 6.45) is -0.124. The molecular weight excluding hydrogens is 345 g/mol. The zero-order valence-electron chi connectivity index (χ0n) is 13.5. The summed E-state index contributed by atoms with van der Waals surface area (Å²) >= 11 is 12.0. The minimum Gasteiger partial charge on any atom is -0.379 e. The van der Waals surface area contributed by atoms with Crippen molar-refractivity contribution in [3.8, 4) is 0 Å². The molecule has 1 fully saturated rings. The van der Waals surface area contributed by atoms with Crippen molar-refractivity contribution in [2.75, 3.05) is 39.5 Å². The highest BCUT2D eigenvalue weighted by atomic mass is 35.5. The Bertz CT molecular complexity index is 579. The second-order valence-corrected chi connectivity index (χ2v) is 6.68. The lowest BCUT2D eigenvalue weighted by molar-refractivity contribution is 0.00968. The predicted octanol–water partition coefficient (Wildman–Crippen LogP) is 4.43. The lowest BCUT2D eigenvalue weighted by atomic mass is 10.0. The van der Waals surface area contributed by atoms with E-state index in [9.17, 15) is 0 Å². The highest BCUT2D eigenvalue weighted by Gasteiger charge is 2.16. The Morgan fingerprint density at radius 3 is 1.88 bits per heavy atom. The summed E-state index contributed by atoms with van der Waals surface area (Å²) in [5, 5.41) is 1.45. The summed E-state index contributed by atoms with van der Waals surface area (Å²) in [6, 6.07) is 15.6. The molecule has 3 nitrogen and oxygen atoms in total. The first kappa shape index (κ1) is 17.7. The molecule has 0 amide bonds. The first-order valence-electron chi connectivity index (χ1n) is 8.15. The van der Waals surface area contributed by atoms with Gasteiger partial charge in [0.25, 0.3) is 0 Å². The summed E-state index contributed by atoms with van der Waals surface area (Å²) in [4.78, 5) is 2.37. The fourth-order valence-electron chi connectivity index (χ4n) is 2.78. The van der Waals surface area contributed by atoms with Gasteiger partial charge in [-0.2, -0.15) is 0 Å². The standard InChI is InChI=1S/C19H21Cl2NO2/c20-17-5-1-15(2-6-17)19(16-3-7-18(21)8-4-16)24-14-11-22-9-12-23-13-10-22/h1-8,19H,9-14H2. The molecule has 0 aliphatic carbocycles. The molecule has 0 radical (unpaired) electrons. The van der Waals surface area contributed by atoms with Crippen LogP contribution in [0.4, 0.5) is 0 Å². The van der Waals surface area contributed by atoms with Gasteiger partial charge in [-0.15, -0.1) is 0 Å². The van der Waals surface area contributed by atoms with Crippen LogP contribution in [0.5, 0.6) is 0 Å². The van der Waals surface area contributed by atoms with Gasteiger partial charge in [0.05, 0.1) is 19.8 Å². The molecule has 3 rings (SSSR count). The van der Waals surface area contributed by atoms with Gasteiger partial charge in [-0.25, -0.2) is 0 Å². The van der Waals surface area contributed by atoms with Crippen molar-refractivity contribution in [3.63, 3.8) is 0 Å². The van der Waals surface area contributed by atoms with Crippen molar-refractivity contribution >= 4 is 23.2 Å². The van der Waals surface area contributed by atoms with Crippen LogP contribution in [0, 0.1) is 0 Å². The number of ether oxygens (including phenoxy) is 2. The summed E-state index contributed by atoms with van der Waals surface area (Å²) < 4.78 is 11.6. The molecule has 0 bridgehead atoms. The number of rotatable bonds is 6. The maximum atomic E-state index is 6.23. The van der Waals surface area contributed by atoms with E-state index in [0.717, 1.165) is 54.0 Å². The first-order valence-corrected chi connectivity index (χ1v) is 8.90. The van der Waals surface area contributed by atoms with Crippen molar-refractivity contribution in [2.45, 2.75) is 6.10 Å². The van der Waals surface area contributed by atoms with Gasteiger partial charge in [0.1, 0.15) is 6.10 Å². The van der Waals surface area contributed by atoms with Gasteiger partial charge >= 0.3 is 0 Å². The highest BCUT2D eigenvalue weighted by molar-refractivity contribution is 6.30. The molecule has 1 heterocycles. The second kappa shape index (κ2) is 8.84. The third-order valence-electron chi connectivity index (χ3n) is 4.14. The topological polar surface area (TPSA) is 21.7 Å². The Labute approximate surface area is 153 Å². The van der Waals surface area contributed by atoms with Crippen molar-refractivity contribution in [1.82, 2.24) is 4.90 Å². The van der Waals surface area contributed by atoms with Crippen LogP contribution in [0.3, 0.4) is 0 Å². The molecule has 0 spiro atoms. The lowest BCUT2D eigenvalue weighted by Gasteiger charge is -2.27. The number of benzene rings is 2. The average Bonchev–Trinajstić information content (AvgIpc) is 2.62. The molecule has 2 aromatic carbocycles. The summed E-state index contributed by atoms with van der Waals surface area (Å²) in [5.74, 6) is 0. The molecule has 0 saturated carbocycles. The van der Waals surface area contributed by atoms with Crippen LogP contribution in [0.2, 0.25) is 10.0 Å². The van der Waals surface area contributed by atoms with Crippen LogP contribution in [0.25, 0.3) is 0 Å². The van der Waals surface area contributed by atoms with Gasteiger partial charge in [0, 0.05) is 29.7 Å². The van der Waals surface area contributed by atoms with E-state index in [-0.39, 0.29) is 6.10 Å². The normalized spacial score (nSPS) is 15.8. The largest absolute Gasteiger partial charge is 0.379 e. The third kappa shape index (κ3) is 4.95. The van der Waals surface area contributed by atoms with Gasteiger partial charge in [-0.3, -0.25) is 4.90 Å². The maximum Gasteiger partial charge on any atom is 0.108 e. The molecule has 0 N–H and O–H groups in total. The molecular formula is C19H21Cl2NO2. The maximum absolute atomic E-state index is 6.23. The molecule has 2 aromatic rings. The predicted molar refractivity (Wildman–Crippen MR) is 98.0 cm³/mol. The quantitative estimate of drug-likeness (QED) is 0.755. The fraction of sp³-hybridized carbons (Fsp3) is 0.368. The number of nitrogens with zero attached hydrogens (tertiary/aromatic N) is 1. The Morgan fingerprint density at radius 2 is 1.38 bits per heavy atom. The Hall–Kier alpha value is -1.10. The van der Waals surface area contributed by atoms with Gasteiger partial charge in [0.2, 0.25) is 0 Å². The summed E-state index contributed by atoms with van der Waals surface area (Å²) in [6.45, 7) is 5.11. The highest BCUT2D eigenvalue weighted by Crippen LogP contribution is 2.28. The van der Waals surface area contributed by atoms with Crippen LogP contribution in [-0.2, 0) is 9.47 Å². The zero-order chi connectivity index (χ0) is 16.8. The van der Waals surface area contributed by atoms with Gasteiger partial charge < -0.3 is 9.47 Å². The average molecular weight is 366 g/mol. The molecule has 128 valence electrons. The number of hydrogen-bond acceptors (Lipinski definition) is 3. The number of halogens is 2. The Morgan fingerprint density at radius 1 is 0.875 bits per heavy atom. The van der Waals surface area contributed by atoms with E-state index in [2.05, 4.69) is 4.90 Å². The minimum atomic E-state index is -0.124. The van der Waals surface area contributed by atoms with Crippen LogP contribution in [-0.4, -0.2) is 44.4 Å². The molecule has 0 aromatic heterocycles. The zero-order valence-corrected chi connectivity index (χ0v) is 15.0. The van der Waals surface area contributed by atoms with E-state index in [1.165, 1.54) is 0 Å². The number of morpholine rings is 1. The first-order chi connectivity index (χ1) is 11.7. The van der Waals surface area contributed by atoms with Gasteiger partial charge in [-0.1, -0.05) is 47.5 Å². The Balaban J connectivity index is 1.69. The van der Waals surface area contributed by atoms with E-state index in [1.807, 2.05) is 48.5 Å². The third-order valence-corrected chi connectivity index (χ3v) is 4.65. The second-order valence-electron chi connectivity index (χ2n) is 5.81. The number of hydrogen-bond donors (Lipinski definition) is 0. The van der Waals surface area contributed by atoms with Crippen molar-refractivity contribution in [2.24, 2.45) is 0 Å². The van der Waals surface area contributed by atoms with E-state index < -0.39 is 0 Å². The SMILES string of the molecule is Clc1ccc(C(OCCN2CCOCC2)c2ccc(Cl)cc2)cc1. The van der Waals surface area contributed by atoms with Crippen LogP contribution < -0.4 is 0 Å². The van der Waals surface area contributed by atoms with Crippen molar-refractivity contribution < 1.29 is 9.47 Å². The Kier molecular flexibility index (Phi) is 6.52. The smallest absolute Gasteiger partial charge is 0.108 e. The van der Waals surface area contributed by atoms with Crippen molar-refractivity contribution in [3.05, 3.63) is 69.7 Å². The van der Waals surface area contributed by atoms with E-state index in [0.29, 0.717) is 6.61 Å². The molecule has 24 heavy (non-hydrogen) atoms. The van der Waals surface area contributed by atoms with Crippen LogP contribution in [0.1, 0.15) is 17.2 Å². The van der Waals surface area contributed by atoms with Crippen LogP contribution in [0.15, 0.2) is 48.5 Å². The molecule has 0 atom stereocenters. The van der Waals surface area contributed by atoms with E-state index in [4.69, 9.17) is 32.7 Å².